The highest BCUT2D eigenvalue weighted by atomic mass is 32.2. The molecule has 0 unspecified atom stereocenters. The third-order valence-corrected chi connectivity index (χ3v) is 6.94. The van der Waals surface area contributed by atoms with Crippen LogP contribution in [0.2, 0.25) is 0 Å². The van der Waals surface area contributed by atoms with Gasteiger partial charge >= 0.3 is 0 Å². The van der Waals surface area contributed by atoms with Gasteiger partial charge in [0.1, 0.15) is 5.75 Å². The molecule has 2 aromatic carbocycles. The van der Waals surface area contributed by atoms with Crippen molar-refractivity contribution in [3.05, 3.63) is 48.0 Å². The van der Waals surface area contributed by atoms with Crippen LogP contribution >= 0.6 is 11.8 Å². The van der Waals surface area contributed by atoms with Crippen molar-refractivity contribution in [2.75, 3.05) is 23.9 Å². The molecule has 2 N–H and O–H groups in total. The Morgan fingerprint density at radius 2 is 2.07 bits per heavy atom. The quantitative estimate of drug-likeness (QED) is 0.712. The maximum Gasteiger partial charge on any atom is 0.234 e. The van der Waals surface area contributed by atoms with Crippen LogP contribution in [0.1, 0.15) is 12.0 Å². The molecule has 2 aromatic rings. The Hall–Kier alpha value is -2.52. The molecular weight excluding hydrogens is 400 g/mol. The number of carbonyl (C=O) groups is 2. The minimum absolute atomic E-state index is 0.110. The number of hydrogen-bond acceptors (Lipinski definition) is 6. The molecule has 1 aliphatic rings. The van der Waals surface area contributed by atoms with Crippen molar-refractivity contribution in [2.45, 2.75) is 22.8 Å². The summed E-state index contributed by atoms with van der Waals surface area (Å²) in [4.78, 5) is 24.3. The molecule has 3 rings (SSSR count). The Balaban J connectivity index is 1.57. The normalized spacial score (nSPS) is 13.4. The van der Waals surface area contributed by atoms with Gasteiger partial charge in [0.15, 0.2) is 9.84 Å². The second-order valence-corrected chi connectivity index (χ2v) is 9.32. The first kappa shape index (κ1) is 20.2. The van der Waals surface area contributed by atoms with Crippen molar-refractivity contribution >= 4 is 39.1 Å². The minimum Gasteiger partial charge on any atom is -0.497 e. The number of nitrogens with one attached hydrogen (secondary N) is 2. The highest BCUT2D eigenvalue weighted by molar-refractivity contribution is 8.00. The summed E-state index contributed by atoms with van der Waals surface area (Å²) in [5.74, 6) is 0.207. The summed E-state index contributed by atoms with van der Waals surface area (Å²) >= 11 is 1.29. The summed E-state index contributed by atoms with van der Waals surface area (Å²) in [6.07, 6.45) is -0.132. The average molecular weight is 421 g/mol. The number of fused-ring (bicyclic) bond motifs is 1. The summed E-state index contributed by atoms with van der Waals surface area (Å²) in [6.45, 7) is 0.297. The lowest BCUT2D eigenvalue weighted by Gasteiger charge is -2.17. The number of sulfone groups is 1. The van der Waals surface area contributed by atoms with E-state index in [-0.39, 0.29) is 34.6 Å². The molecular formula is C19H20N2O5S2. The van der Waals surface area contributed by atoms with Crippen molar-refractivity contribution in [3.8, 4) is 5.75 Å². The van der Waals surface area contributed by atoms with Crippen LogP contribution in [0.25, 0.3) is 0 Å². The van der Waals surface area contributed by atoms with Gasteiger partial charge < -0.3 is 15.4 Å². The standard InChI is InChI=1S/C19H20N2O5S2/c1-26-14-4-2-3-13(9-14)11-20-18(22)7-8-28(24,25)15-5-6-16-17(10-15)27-12-19(23)21-16/h2-6,9-10H,7-8,11-12H2,1H3,(H,20,22)(H,21,23). The third kappa shape index (κ3) is 5.05. The number of methoxy groups -OCH3 is 1. The lowest BCUT2D eigenvalue weighted by Crippen LogP contribution is -2.25. The number of anilines is 1. The van der Waals surface area contributed by atoms with Crippen molar-refractivity contribution in [3.63, 3.8) is 0 Å². The fraction of sp³-hybridized carbons (Fsp3) is 0.263. The molecule has 148 valence electrons. The van der Waals surface area contributed by atoms with Crippen LogP contribution < -0.4 is 15.4 Å². The van der Waals surface area contributed by atoms with Crippen LogP contribution in [0.3, 0.4) is 0 Å². The summed E-state index contributed by atoms with van der Waals surface area (Å²) in [7, 11) is -2.04. The molecule has 0 radical (unpaired) electrons. The second-order valence-electron chi connectivity index (χ2n) is 6.19. The summed E-state index contributed by atoms with van der Waals surface area (Å²) < 4.78 is 30.2. The molecule has 0 aliphatic carbocycles. The highest BCUT2D eigenvalue weighted by Crippen LogP contribution is 2.33. The van der Waals surface area contributed by atoms with Crippen molar-refractivity contribution in [1.82, 2.24) is 5.32 Å². The van der Waals surface area contributed by atoms with E-state index in [0.29, 0.717) is 22.9 Å². The van der Waals surface area contributed by atoms with Crippen LogP contribution in [0.5, 0.6) is 5.75 Å². The zero-order chi connectivity index (χ0) is 20.1. The van der Waals surface area contributed by atoms with Crippen LogP contribution in [-0.2, 0) is 26.0 Å². The fourth-order valence-electron chi connectivity index (χ4n) is 2.66. The number of amides is 2. The van der Waals surface area contributed by atoms with E-state index in [1.807, 2.05) is 12.1 Å². The molecule has 0 fully saturated rings. The van der Waals surface area contributed by atoms with Gasteiger partial charge in [-0.2, -0.15) is 0 Å². The van der Waals surface area contributed by atoms with Crippen molar-refractivity contribution in [1.29, 1.82) is 0 Å². The van der Waals surface area contributed by atoms with Crippen LogP contribution in [0.4, 0.5) is 5.69 Å². The number of benzene rings is 2. The van der Waals surface area contributed by atoms with E-state index in [0.717, 1.165) is 5.56 Å². The number of rotatable bonds is 7. The Morgan fingerprint density at radius 3 is 2.86 bits per heavy atom. The van der Waals surface area contributed by atoms with Gasteiger partial charge in [-0.1, -0.05) is 12.1 Å². The zero-order valence-corrected chi connectivity index (χ0v) is 16.9. The van der Waals surface area contributed by atoms with Crippen LogP contribution in [0, 0.1) is 0 Å². The predicted molar refractivity (Wildman–Crippen MR) is 107 cm³/mol. The topological polar surface area (TPSA) is 102 Å². The SMILES string of the molecule is COc1cccc(CNC(=O)CCS(=O)(=O)c2ccc3c(c2)SCC(=O)N3)c1. The Morgan fingerprint density at radius 1 is 1.25 bits per heavy atom. The molecule has 0 spiro atoms. The third-order valence-electron chi connectivity index (χ3n) is 4.17. The van der Waals surface area contributed by atoms with Gasteiger partial charge in [-0.05, 0) is 35.9 Å². The molecule has 0 saturated heterocycles. The Kier molecular flexibility index (Phi) is 6.25. The number of thioether (sulfide) groups is 1. The largest absolute Gasteiger partial charge is 0.497 e. The minimum atomic E-state index is -3.60. The molecule has 28 heavy (non-hydrogen) atoms. The van der Waals surface area contributed by atoms with E-state index < -0.39 is 9.84 Å². The molecule has 1 heterocycles. The monoisotopic (exact) mass is 420 g/mol. The van der Waals surface area contributed by atoms with Gasteiger partial charge in [0.05, 0.1) is 29.2 Å². The lowest BCUT2D eigenvalue weighted by molar-refractivity contribution is -0.120. The molecule has 0 saturated carbocycles. The lowest BCUT2D eigenvalue weighted by atomic mass is 10.2. The molecule has 2 amide bonds. The van der Waals surface area contributed by atoms with E-state index in [9.17, 15) is 18.0 Å². The first-order valence-electron chi connectivity index (χ1n) is 8.56. The summed E-state index contributed by atoms with van der Waals surface area (Å²) in [6, 6.07) is 11.9. The van der Waals surface area contributed by atoms with Crippen molar-refractivity contribution < 1.29 is 22.7 Å². The fourth-order valence-corrected chi connectivity index (χ4v) is 4.85. The van der Waals surface area contributed by atoms with Gasteiger partial charge in [0.25, 0.3) is 0 Å². The van der Waals surface area contributed by atoms with Crippen LogP contribution in [0.15, 0.2) is 52.3 Å². The van der Waals surface area contributed by atoms with Gasteiger partial charge in [0, 0.05) is 17.9 Å². The molecule has 0 bridgehead atoms. The van der Waals surface area contributed by atoms with Gasteiger partial charge in [0.2, 0.25) is 11.8 Å². The summed E-state index contributed by atoms with van der Waals surface area (Å²) in [5, 5.41) is 5.42. The highest BCUT2D eigenvalue weighted by Gasteiger charge is 2.21. The maximum absolute atomic E-state index is 12.6. The Bertz CT molecular complexity index is 1010. The number of carbonyl (C=O) groups excluding carboxylic acids is 2. The molecule has 9 heteroatoms. The second kappa shape index (κ2) is 8.66. The zero-order valence-electron chi connectivity index (χ0n) is 15.2. The average Bonchev–Trinajstić information content (AvgIpc) is 2.70. The van der Waals surface area contributed by atoms with Gasteiger partial charge in [-0.15, -0.1) is 11.8 Å². The summed E-state index contributed by atoms with van der Waals surface area (Å²) in [5.41, 5.74) is 1.47. The predicted octanol–water partition coefficient (Wildman–Crippen LogP) is 2.22. The molecule has 1 aliphatic heterocycles. The first-order valence-corrected chi connectivity index (χ1v) is 11.2. The van der Waals surface area contributed by atoms with E-state index in [1.54, 1.807) is 31.4 Å². The van der Waals surface area contributed by atoms with Gasteiger partial charge in [-0.25, -0.2) is 8.42 Å². The Labute approximate surface area is 167 Å². The number of hydrogen-bond donors (Lipinski definition) is 2. The maximum atomic E-state index is 12.6. The van der Waals surface area contributed by atoms with Gasteiger partial charge in [-0.3, -0.25) is 9.59 Å². The van der Waals surface area contributed by atoms with Crippen molar-refractivity contribution in [2.24, 2.45) is 0 Å². The molecule has 0 atom stereocenters. The van der Waals surface area contributed by atoms with E-state index >= 15 is 0 Å². The van der Waals surface area contributed by atoms with Crippen LogP contribution in [-0.4, -0.2) is 38.8 Å². The van der Waals surface area contributed by atoms with E-state index in [4.69, 9.17) is 4.74 Å². The van der Waals surface area contributed by atoms with E-state index in [2.05, 4.69) is 10.6 Å². The smallest absolute Gasteiger partial charge is 0.234 e. The molecule has 7 nitrogen and oxygen atoms in total. The molecule has 0 aromatic heterocycles. The van der Waals surface area contributed by atoms with E-state index in [1.165, 1.54) is 17.8 Å². The first-order chi connectivity index (χ1) is 13.4. The number of ether oxygens (including phenoxy) is 1.